The smallest absolute Gasteiger partial charge is 0.161 e. The minimum Gasteiger partial charge on any atom is -0.334 e. The van der Waals surface area contributed by atoms with Crippen molar-refractivity contribution in [3.8, 4) is 11.1 Å². The Bertz CT molecular complexity index is 1890. The van der Waals surface area contributed by atoms with Crippen molar-refractivity contribution in [3.05, 3.63) is 145 Å². The van der Waals surface area contributed by atoms with Gasteiger partial charge in [0.1, 0.15) is 0 Å². The number of nitrogens with one attached hydrogen (secondary N) is 2. The van der Waals surface area contributed by atoms with Gasteiger partial charge in [-0.1, -0.05) is 145 Å². The third kappa shape index (κ3) is 5.25. The van der Waals surface area contributed by atoms with Gasteiger partial charge in [-0.05, 0) is 44.8 Å². The van der Waals surface area contributed by atoms with Crippen LogP contribution in [0.3, 0.4) is 0 Å². The second-order valence-corrected chi connectivity index (χ2v) is 13.0. The van der Waals surface area contributed by atoms with E-state index in [2.05, 4.69) is 144 Å². The molecule has 2 aliphatic rings. The minimum absolute atomic E-state index is 0.150. The molecule has 2 N–H and O–H groups in total. The maximum absolute atomic E-state index is 5.10. The third-order valence-electron chi connectivity index (χ3n) is 8.26. The first kappa shape index (κ1) is 27.1. The molecule has 0 saturated heterocycles. The third-order valence-corrected chi connectivity index (χ3v) is 10.2. The highest BCUT2D eigenvalue weighted by atomic mass is 32.2. The van der Waals surface area contributed by atoms with Crippen LogP contribution in [0.1, 0.15) is 23.2 Å². The Hall–Kier alpha value is -4.52. The van der Waals surface area contributed by atoms with Crippen LogP contribution in [0.4, 0.5) is 11.4 Å². The van der Waals surface area contributed by atoms with Crippen LogP contribution in [0.2, 0.25) is 0 Å². The molecule has 44 heavy (non-hydrogen) atoms. The van der Waals surface area contributed by atoms with Gasteiger partial charge in [-0.25, -0.2) is 0 Å². The Kier molecular flexibility index (Phi) is 7.30. The predicted octanol–water partition coefficient (Wildman–Crippen LogP) is 10.2. The van der Waals surface area contributed by atoms with Crippen molar-refractivity contribution in [2.75, 3.05) is 22.1 Å². The van der Waals surface area contributed by atoms with E-state index in [4.69, 9.17) is 9.98 Å². The molecule has 0 aromatic heterocycles. The average Bonchev–Trinajstić information content (AvgIpc) is 3.76. The summed E-state index contributed by atoms with van der Waals surface area (Å²) in [6.07, 6.45) is 0. The van der Waals surface area contributed by atoms with Crippen molar-refractivity contribution in [1.29, 1.82) is 0 Å². The highest BCUT2D eigenvalue weighted by Gasteiger charge is 2.25. The van der Waals surface area contributed by atoms with Gasteiger partial charge in [0.25, 0.3) is 0 Å². The number of hydrogen-bond donors (Lipinski definition) is 2. The standard InChI is InChI=1S/C38H30N4S2/c1-3-13-27(14-4-1)33-23-43-37(41-33)39-31-21-19-25-11-7-9-17-29(25)35(31)36-30-18-10-8-12-26(30)20-22-32(36)40-38-42-34(24-44-38)28-15-5-2-6-16-28/h1-22,33-34H,23-24H2,(H,39,41)(H,40,42)/t33-,34-/m1/s1. The number of amidine groups is 2. The molecule has 6 aromatic rings. The molecule has 0 spiro atoms. The Morgan fingerprint density at radius 1 is 0.455 bits per heavy atom. The first-order chi connectivity index (χ1) is 21.8. The lowest BCUT2D eigenvalue weighted by molar-refractivity contribution is 0.849. The van der Waals surface area contributed by atoms with Crippen molar-refractivity contribution < 1.29 is 0 Å². The SMILES string of the molecule is c1ccc([C@H]2CSC(Nc3ccc4ccccc4c3-c3c(NC4=N[C@@H](c5ccccc5)CS4)ccc4ccccc34)=N2)cc1. The molecule has 0 radical (unpaired) electrons. The van der Waals surface area contributed by atoms with Gasteiger partial charge in [-0.3, -0.25) is 9.98 Å². The molecule has 2 aliphatic heterocycles. The van der Waals surface area contributed by atoms with Crippen molar-refractivity contribution in [2.24, 2.45) is 9.98 Å². The van der Waals surface area contributed by atoms with Crippen LogP contribution in [0.15, 0.2) is 143 Å². The zero-order chi connectivity index (χ0) is 29.3. The summed E-state index contributed by atoms with van der Waals surface area (Å²) < 4.78 is 0. The number of fused-ring (bicyclic) bond motifs is 2. The van der Waals surface area contributed by atoms with Crippen molar-refractivity contribution >= 4 is 66.8 Å². The molecular weight excluding hydrogens is 577 g/mol. The zero-order valence-corrected chi connectivity index (χ0v) is 25.6. The van der Waals surface area contributed by atoms with E-state index in [1.807, 2.05) is 0 Å². The first-order valence-electron chi connectivity index (χ1n) is 14.9. The number of hydrogen-bond acceptors (Lipinski definition) is 6. The Morgan fingerprint density at radius 2 is 0.864 bits per heavy atom. The molecule has 4 nitrogen and oxygen atoms in total. The van der Waals surface area contributed by atoms with E-state index in [1.165, 1.54) is 32.7 Å². The lowest BCUT2D eigenvalue weighted by atomic mass is 9.91. The molecule has 0 aliphatic carbocycles. The molecule has 2 heterocycles. The van der Waals surface area contributed by atoms with Crippen LogP contribution in [0.5, 0.6) is 0 Å². The molecule has 0 fully saturated rings. The summed E-state index contributed by atoms with van der Waals surface area (Å²) in [5, 5.41) is 14.2. The highest BCUT2D eigenvalue weighted by Crippen LogP contribution is 2.45. The van der Waals surface area contributed by atoms with Gasteiger partial charge >= 0.3 is 0 Å². The summed E-state index contributed by atoms with van der Waals surface area (Å²) in [7, 11) is 0. The highest BCUT2D eigenvalue weighted by molar-refractivity contribution is 8.14. The van der Waals surface area contributed by atoms with E-state index in [0.717, 1.165) is 44.3 Å². The van der Waals surface area contributed by atoms with E-state index >= 15 is 0 Å². The molecule has 6 heteroatoms. The van der Waals surface area contributed by atoms with Crippen molar-refractivity contribution in [3.63, 3.8) is 0 Å². The van der Waals surface area contributed by atoms with Gasteiger partial charge in [-0.15, -0.1) is 0 Å². The van der Waals surface area contributed by atoms with E-state index in [9.17, 15) is 0 Å². The number of nitrogens with zero attached hydrogens (tertiary/aromatic N) is 2. The van der Waals surface area contributed by atoms with Crippen LogP contribution < -0.4 is 10.6 Å². The van der Waals surface area contributed by atoms with Gasteiger partial charge in [0, 0.05) is 34.0 Å². The predicted molar refractivity (Wildman–Crippen MR) is 192 cm³/mol. The number of thioether (sulfide) groups is 2. The van der Waals surface area contributed by atoms with Crippen LogP contribution >= 0.6 is 23.5 Å². The maximum Gasteiger partial charge on any atom is 0.161 e. The summed E-state index contributed by atoms with van der Waals surface area (Å²) in [5.41, 5.74) is 6.92. The van der Waals surface area contributed by atoms with Crippen LogP contribution in [0.25, 0.3) is 32.7 Å². The largest absolute Gasteiger partial charge is 0.334 e. The van der Waals surface area contributed by atoms with Crippen LogP contribution in [0, 0.1) is 0 Å². The van der Waals surface area contributed by atoms with Crippen LogP contribution in [-0.4, -0.2) is 21.8 Å². The lowest BCUT2D eigenvalue weighted by Crippen LogP contribution is -2.09. The monoisotopic (exact) mass is 606 g/mol. The Labute approximate surface area is 265 Å². The molecule has 0 saturated carbocycles. The fourth-order valence-corrected chi connectivity index (χ4v) is 8.03. The summed E-state index contributed by atoms with van der Waals surface area (Å²) in [6.45, 7) is 0. The topological polar surface area (TPSA) is 48.8 Å². The van der Waals surface area contributed by atoms with Gasteiger partial charge in [0.05, 0.1) is 12.1 Å². The lowest BCUT2D eigenvalue weighted by Gasteiger charge is -2.20. The van der Waals surface area contributed by atoms with E-state index in [0.29, 0.717) is 0 Å². The number of rotatable bonds is 5. The molecule has 0 amide bonds. The molecule has 214 valence electrons. The first-order valence-corrected chi connectivity index (χ1v) is 16.9. The molecule has 8 rings (SSSR count). The van der Waals surface area contributed by atoms with Gasteiger partial charge < -0.3 is 10.6 Å². The molecule has 0 unspecified atom stereocenters. The summed E-state index contributed by atoms with van der Waals surface area (Å²) in [5.74, 6) is 1.85. The second kappa shape index (κ2) is 11.9. The van der Waals surface area contributed by atoms with Crippen LogP contribution in [-0.2, 0) is 0 Å². The normalized spacial score (nSPS) is 17.9. The van der Waals surface area contributed by atoms with Gasteiger partial charge in [0.2, 0.25) is 0 Å². The van der Waals surface area contributed by atoms with E-state index in [1.54, 1.807) is 23.5 Å². The van der Waals surface area contributed by atoms with Gasteiger partial charge in [0.15, 0.2) is 10.3 Å². The number of aliphatic imine (C=N–C) groups is 2. The number of benzene rings is 6. The molecule has 0 bridgehead atoms. The molecule has 2 atom stereocenters. The van der Waals surface area contributed by atoms with E-state index < -0.39 is 0 Å². The van der Waals surface area contributed by atoms with E-state index in [-0.39, 0.29) is 12.1 Å². The Morgan fingerprint density at radius 3 is 1.32 bits per heavy atom. The quantitative estimate of drug-likeness (QED) is 0.205. The summed E-state index contributed by atoms with van der Waals surface area (Å²) in [6, 6.07) is 47.6. The van der Waals surface area contributed by atoms with Crippen molar-refractivity contribution in [1.82, 2.24) is 0 Å². The Balaban J connectivity index is 1.25. The van der Waals surface area contributed by atoms with Gasteiger partial charge in [-0.2, -0.15) is 0 Å². The summed E-state index contributed by atoms with van der Waals surface area (Å²) in [4.78, 5) is 10.2. The fourth-order valence-electron chi connectivity index (χ4n) is 6.10. The minimum atomic E-state index is 0.150. The zero-order valence-electron chi connectivity index (χ0n) is 24.0. The van der Waals surface area contributed by atoms with Crippen molar-refractivity contribution in [2.45, 2.75) is 12.1 Å². The number of anilines is 2. The fraction of sp³-hybridized carbons (Fsp3) is 0.105. The average molecular weight is 607 g/mol. The second-order valence-electron chi connectivity index (χ2n) is 11.0. The maximum atomic E-state index is 5.10. The molecular formula is C38H30N4S2. The summed E-state index contributed by atoms with van der Waals surface area (Å²) >= 11 is 3.56. The molecule has 6 aromatic carbocycles.